The van der Waals surface area contributed by atoms with E-state index in [1.165, 1.54) is 6.42 Å². The second-order valence-corrected chi connectivity index (χ2v) is 7.53. The molecule has 1 N–H and O–H groups in total. The third-order valence-corrected chi connectivity index (χ3v) is 5.80. The normalized spacial score (nSPS) is 45.2. The van der Waals surface area contributed by atoms with Crippen LogP contribution in [0.4, 0.5) is 0 Å². The molecule has 0 heterocycles. The first-order valence-electron chi connectivity index (χ1n) is 7.83. The van der Waals surface area contributed by atoms with E-state index in [0.717, 1.165) is 38.5 Å². The number of carbonyl (C=O) groups is 1. The third-order valence-electron chi connectivity index (χ3n) is 5.80. The topological polar surface area (TPSA) is 46.5 Å². The number of ether oxygens (including phenoxy) is 1. The first-order valence-corrected chi connectivity index (χ1v) is 7.83. The molecule has 4 fully saturated rings. The van der Waals surface area contributed by atoms with Crippen LogP contribution in [0.25, 0.3) is 0 Å². The van der Waals surface area contributed by atoms with Crippen molar-refractivity contribution in [1.29, 1.82) is 0 Å². The quantitative estimate of drug-likeness (QED) is 0.796. The SMILES string of the molecule is CCC(C)C(=O)OC12CC3CC(CC(CO)(C3)C1)C2. The molecule has 4 aliphatic carbocycles. The molecule has 0 amide bonds. The highest BCUT2D eigenvalue weighted by atomic mass is 16.6. The Labute approximate surface area is 115 Å². The largest absolute Gasteiger partial charge is 0.459 e. The molecular formula is C16H26O3. The van der Waals surface area contributed by atoms with Gasteiger partial charge in [-0.3, -0.25) is 4.79 Å². The highest BCUT2D eigenvalue weighted by Gasteiger charge is 2.59. The third kappa shape index (κ3) is 2.20. The maximum absolute atomic E-state index is 12.2. The van der Waals surface area contributed by atoms with Crippen molar-refractivity contribution in [1.82, 2.24) is 0 Å². The monoisotopic (exact) mass is 266 g/mol. The van der Waals surface area contributed by atoms with Crippen LogP contribution in [0.1, 0.15) is 58.8 Å². The first kappa shape index (κ1) is 13.4. The summed E-state index contributed by atoms with van der Waals surface area (Å²) in [5.74, 6) is 1.30. The molecule has 0 aromatic heterocycles. The van der Waals surface area contributed by atoms with Crippen molar-refractivity contribution >= 4 is 5.97 Å². The van der Waals surface area contributed by atoms with Gasteiger partial charge in [0.2, 0.25) is 0 Å². The molecule has 0 saturated heterocycles. The van der Waals surface area contributed by atoms with Crippen molar-refractivity contribution in [2.75, 3.05) is 6.61 Å². The summed E-state index contributed by atoms with van der Waals surface area (Å²) in [7, 11) is 0. The molecule has 4 saturated carbocycles. The van der Waals surface area contributed by atoms with E-state index >= 15 is 0 Å². The Balaban J connectivity index is 1.79. The van der Waals surface area contributed by atoms with E-state index < -0.39 is 0 Å². The van der Waals surface area contributed by atoms with Crippen LogP contribution in [-0.4, -0.2) is 23.3 Å². The zero-order chi connectivity index (χ0) is 13.7. The number of hydrogen-bond donors (Lipinski definition) is 1. The summed E-state index contributed by atoms with van der Waals surface area (Å²) in [4.78, 5) is 12.2. The molecule has 4 aliphatic rings. The van der Waals surface area contributed by atoms with E-state index in [-0.39, 0.29) is 29.5 Å². The van der Waals surface area contributed by atoms with Crippen LogP contribution in [0.2, 0.25) is 0 Å². The zero-order valence-electron chi connectivity index (χ0n) is 12.2. The molecule has 0 radical (unpaired) electrons. The van der Waals surface area contributed by atoms with Gasteiger partial charge in [0.05, 0.1) is 5.92 Å². The minimum Gasteiger partial charge on any atom is -0.459 e. The Morgan fingerprint density at radius 2 is 1.95 bits per heavy atom. The number of esters is 1. The second-order valence-electron chi connectivity index (χ2n) is 7.53. The Kier molecular flexibility index (Phi) is 3.16. The van der Waals surface area contributed by atoms with Gasteiger partial charge in [0, 0.05) is 6.61 Å². The molecule has 3 heteroatoms. The molecule has 0 aromatic rings. The fraction of sp³-hybridized carbons (Fsp3) is 0.938. The Hall–Kier alpha value is -0.570. The molecule has 4 rings (SSSR count). The van der Waals surface area contributed by atoms with Gasteiger partial charge in [-0.1, -0.05) is 13.8 Å². The standard InChI is InChI=1S/C16H26O3/c1-3-11(2)14(18)19-16-7-12-4-13(8-16)6-15(5-12,9-16)10-17/h11-13,17H,3-10H2,1-2H3. The van der Waals surface area contributed by atoms with Gasteiger partial charge < -0.3 is 9.84 Å². The summed E-state index contributed by atoms with van der Waals surface area (Å²) in [6.07, 6.45) is 7.37. The smallest absolute Gasteiger partial charge is 0.309 e. The van der Waals surface area contributed by atoms with Crippen molar-refractivity contribution in [3.63, 3.8) is 0 Å². The predicted molar refractivity (Wildman–Crippen MR) is 72.5 cm³/mol. The van der Waals surface area contributed by atoms with Crippen LogP contribution in [0, 0.1) is 23.2 Å². The lowest BCUT2D eigenvalue weighted by molar-refractivity contribution is -0.210. The number of carbonyl (C=O) groups excluding carboxylic acids is 1. The molecule has 0 aliphatic heterocycles. The fourth-order valence-corrected chi connectivity index (χ4v) is 5.15. The Morgan fingerprint density at radius 1 is 1.32 bits per heavy atom. The summed E-state index contributed by atoms with van der Waals surface area (Å²) >= 11 is 0. The zero-order valence-corrected chi connectivity index (χ0v) is 12.2. The lowest BCUT2D eigenvalue weighted by atomic mass is 9.48. The van der Waals surface area contributed by atoms with E-state index in [1.807, 2.05) is 13.8 Å². The fourth-order valence-electron chi connectivity index (χ4n) is 5.15. The summed E-state index contributed by atoms with van der Waals surface area (Å²) in [5.41, 5.74) is -0.187. The van der Waals surface area contributed by atoms with Crippen LogP contribution in [0.5, 0.6) is 0 Å². The van der Waals surface area contributed by atoms with Gasteiger partial charge in [-0.2, -0.15) is 0 Å². The minimum absolute atomic E-state index is 0.00178. The van der Waals surface area contributed by atoms with Gasteiger partial charge in [-0.25, -0.2) is 0 Å². The van der Waals surface area contributed by atoms with Crippen LogP contribution < -0.4 is 0 Å². The van der Waals surface area contributed by atoms with E-state index in [9.17, 15) is 9.90 Å². The van der Waals surface area contributed by atoms with Gasteiger partial charge >= 0.3 is 5.97 Å². The van der Waals surface area contributed by atoms with Crippen molar-refractivity contribution < 1.29 is 14.6 Å². The molecule has 0 aromatic carbocycles. The maximum atomic E-state index is 12.2. The molecular weight excluding hydrogens is 240 g/mol. The van der Waals surface area contributed by atoms with Crippen LogP contribution in [-0.2, 0) is 9.53 Å². The van der Waals surface area contributed by atoms with Gasteiger partial charge in [0.15, 0.2) is 0 Å². The number of aliphatic hydroxyl groups excluding tert-OH is 1. The average Bonchev–Trinajstić information content (AvgIpc) is 2.35. The van der Waals surface area contributed by atoms with Gasteiger partial charge in [-0.15, -0.1) is 0 Å². The Morgan fingerprint density at radius 3 is 2.47 bits per heavy atom. The lowest BCUT2D eigenvalue weighted by Gasteiger charge is -2.60. The maximum Gasteiger partial charge on any atom is 0.309 e. The number of hydrogen-bond acceptors (Lipinski definition) is 3. The average molecular weight is 266 g/mol. The number of aliphatic hydroxyl groups is 1. The van der Waals surface area contributed by atoms with Gasteiger partial charge in [0.1, 0.15) is 5.60 Å². The van der Waals surface area contributed by atoms with E-state index in [1.54, 1.807) is 0 Å². The van der Waals surface area contributed by atoms with Crippen LogP contribution in [0.15, 0.2) is 0 Å². The first-order chi connectivity index (χ1) is 9.00. The molecule has 108 valence electrons. The van der Waals surface area contributed by atoms with Gasteiger partial charge in [-0.05, 0) is 62.2 Å². The molecule has 19 heavy (non-hydrogen) atoms. The molecule has 3 nitrogen and oxygen atoms in total. The Bertz CT molecular complexity index is 362. The summed E-state index contributed by atoms with van der Waals surface area (Å²) in [5, 5.41) is 9.79. The molecule has 4 bridgehead atoms. The van der Waals surface area contributed by atoms with E-state index in [2.05, 4.69) is 0 Å². The number of rotatable bonds is 4. The summed E-state index contributed by atoms with van der Waals surface area (Å²) in [6.45, 7) is 4.24. The van der Waals surface area contributed by atoms with E-state index in [4.69, 9.17) is 4.74 Å². The van der Waals surface area contributed by atoms with Crippen LogP contribution in [0.3, 0.4) is 0 Å². The highest BCUT2D eigenvalue weighted by Crippen LogP contribution is 2.62. The van der Waals surface area contributed by atoms with Crippen molar-refractivity contribution in [3.05, 3.63) is 0 Å². The molecule has 0 spiro atoms. The second kappa shape index (κ2) is 4.47. The highest BCUT2D eigenvalue weighted by molar-refractivity contribution is 5.72. The van der Waals surface area contributed by atoms with Crippen LogP contribution >= 0.6 is 0 Å². The predicted octanol–water partition coefficient (Wildman–Crippen LogP) is 2.91. The lowest BCUT2D eigenvalue weighted by Crippen LogP contribution is -2.58. The van der Waals surface area contributed by atoms with E-state index in [0.29, 0.717) is 11.8 Å². The van der Waals surface area contributed by atoms with Crippen molar-refractivity contribution in [3.8, 4) is 0 Å². The summed E-state index contributed by atoms with van der Waals surface area (Å²) < 4.78 is 5.98. The molecule has 3 atom stereocenters. The van der Waals surface area contributed by atoms with Gasteiger partial charge in [0.25, 0.3) is 0 Å². The molecule has 3 unspecified atom stereocenters. The summed E-state index contributed by atoms with van der Waals surface area (Å²) in [6, 6.07) is 0. The van der Waals surface area contributed by atoms with Crippen molar-refractivity contribution in [2.24, 2.45) is 23.2 Å². The minimum atomic E-state index is -0.243. The van der Waals surface area contributed by atoms with Crippen molar-refractivity contribution in [2.45, 2.75) is 64.4 Å².